The summed E-state index contributed by atoms with van der Waals surface area (Å²) in [5.41, 5.74) is 7.72. The highest BCUT2D eigenvalue weighted by Gasteiger charge is 2.17. The Hall–Kier alpha value is -3.54. The zero-order chi connectivity index (χ0) is 24.5. The van der Waals surface area contributed by atoms with Crippen molar-refractivity contribution in [3.05, 3.63) is 71.8 Å². The lowest BCUT2D eigenvalue weighted by Gasteiger charge is -2.24. The van der Waals surface area contributed by atoms with Crippen molar-refractivity contribution >= 4 is 41.6 Å². The van der Waals surface area contributed by atoms with Gasteiger partial charge < -0.3 is 15.2 Å². The summed E-state index contributed by atoms with van der Waals surface area (Å²) in [7, 11) is 2.01. The average molecular weight is 452 g/mol. The van der Waals surface area contributed by atoms with Gasteiger partial charge in [-0.1, -0.05) is 74.8 Å². The third kappa shape index (κ3) is 4.86. The van der Waals surface area contributed by atoms with E-state index in [1.165, 1.54) is 5.56 Å². The van der Waals surface area contributed by atoms with Gasteiger partial charge in [0.2, 0.25) is 0 Å². The molecule has 5 nitrogen and oxygen atoms in total. The first kappa shape index (κ1) is 23.6. The summed E-state index contributed by atoms with van der Waals surface area (Å²) in [6.45, 7) is 12.6. The Bertz CT molecular complexity index is 1300. The number of benzene rings is 3. The molecule has 0 unspecified atom stereocenters. The highest BCUT2D eigenvalue weighted by molar-refractivity contribution is 6.32. The Kier molecular flexibility index (Phi) is 6.51. The molecule has 34 heavy (non-hydrogen) atoms. The van der Waals surface area contributed by atoms with Crippen molar-refractivity contribution in [2.24, 2.45) is 0 Å². The predicted molar refractivity (Wildman–Crippen MR) is 146 cm³/mol. The van der Waals surface area contributed by atoms with E-state index in [9.17, 15) is 4.79 Å². The molecule has 6 heteroatoms. The topological polar surface area (TPSA) is 61.0 Å². The molecular formula is C28H33BN4O. The molecule has 0 atom stereocenters. The molecular weight excluding hydrogens is 419 g/mol. The molecule has 0 bridgehead atoms. The molecule has 1 aromatic heterocycles. The van der Waals surface area contributed by atoms with E-state index in [1.807, 2.05) is 38.2 Å². The van der Waals surface area contributed by atoms with E-state index in [2.05, 4.69) is 80.2 Å². The van der Waals surface area contributed by atoms with E-state index in [4.69, 9.17) is 4.98 Å². The van der Waals surface area contributed by atoms with Crippen LogP contribution in [0, 0.1) is 0 Å². The fraction of sp³-hybridized carbons (Fsp3) is 0.286. The number of amides is 1. The van der Waals surface area contributed by atoms with E-state index < -0.39 is 0 Å². The Morgan fingerprint density at radius 2 is 1.65 bits per heavy atom. The van der Waals surface area contributed by atoms with Crippen LogP contribution in [-0.4, -0.2) is 36.8 Å². The second-order valence-corrected chi connectivity index (χ2v) is 9.79. The number of hydrogen-bond acceptors (Lipinski definition) is 3. The van der Waals surface area contributed by atoms with Crippen molar-refractivity contribution in [2.75, 3.05) is 23.3 Å². The number of nitrogens with one attached hydrogen (secondary N) is 2. The van der Waals surface area contributed by atoms with Crippen LogP contribution in [0.2, 0.25) is 0 Å². The van der Waals surface area contributed by atoms with Gasteiger partial charge in [0.1, 0.15) is 13.7 Å². The van der Waals surface area contributed by atoms with Crippen LogP contribution in [-0.2, 0) is 5.41 Å². The lowest BCUT2D eigenvalue weighted by Crippen LogP contribution is -2.24. The Balaban J connectivity index is 1.73. The summed E-state index contributed by atoms with van der Waals surface area (Å²) < 4.78 is 0. The first-order valence-electron chi connectivity index (χ1n) is 12.0. The highest BCUT2D eigenvalue weighted by atomic mass is 16.1. The van der Waals surface area contributed by atoms with Crippen LogP contribution in [0.5, 0.6) is 0 Å². The van der Waals surface area contributed by atoms with Gasteiger partial charge >= 0.3 is 0 Å². The molecule has 0 aliphatic heterocycles. The molecule has 0 radical (unpaired) electrons. The monoisotopic (exact) mass is 452 g/mol. The average Bonchev–Trinajstić information content (AvgIpc) is 3.23. The molecule has 0 aliphatic carbocycles. The van der Waals surface area contributed by atoms with E-state index >= 15 is 0 Å². The predicted octanol–water partition coefficient (Wildman–Crippen LogP) is 4.88. The van der Waals surface area contributed by atoms with Crippen LogP contribution in [0.4, 0.5) is 11.4 Å². The first-order valence-corrected chi connectivity index (χ1v) is 12.0. The Morgan fingerprint density at radius 1 is 1.00 bits per heavy atom. The van der Waals surface area contributed by atoms with Gasteiger partial charge in [0.05, 0.1) is 22.4 Å². The van der Waals surface area contributed by atoms with E-state index in [1.54, 1.807) is 0 Å². The number of H-pyrrole nitrogens is 1. The minimum Gasteiger partial charge on any atom is -0.370 e. The van der Waals surface area contributed by atoms with Gasteiger partial charge in [-0.2, -0.15) is 0 Å². The Morgan fingerprint density at radius 3 is 2.24 bits per heavy atom. The quantitative estimate of drug-likeness (QED) is 0.410. The van der Waals surface area contributed by atoms with Gasteiger partial charge in [-0.25, -0.2) is 4.98 Å². The van der Waals surface area contributed by atoms with Crippen LogP contribution in [0.15, 0.2) is 60.7 Å². The number of hydrogen-bond donors (Lipinski definition) is 2. The van der Waals surface area contributed by atoms with Crippen LogP contribution in [0.3, 0.4) is 0 Å². The molecule has 0 saturated carbocycles. The van der Waals surface area contributed by atoms with Crippen molar-refractivity contribution < 1.29 is 4.79 Å². The second kappa shape index (κ2) is 9.37. The number of rotatable bonds is 6. The molecule has 0 saturated heterocycles. The molecule has 0 spiro atoms. The van der Waals surface area contributed by atoms with E-state index in [0.29, 0.717) is 5.56 Å². The third-order valence-electron chi connectivity index (χ3n) is 6.29. The molecule has 0 aliphatic rings. The minimum absolute atomic E-state index is 0.107. The minimum atomic E-state index is -0.124. The van der Waals surface area contributed by atoms with Gasteiger partial charge in [-0.3, -0.25) is 4.79 Å². The first-order chi connectivity index (χ1) is 16.2. The van der Waals surface area contributed by atoms with Gasteiger partial charge in [0.15, 0.2) is 0 Å². The fourth-order valence-electron chi connectivity index (χ4n) is 4.14. The van der Waals surface area contributed by atoms with Crippen molar-refractivity contribution in [3.8, 4) is 11.4 Å². The van der Waals surface area contributed by atoms with Gasteiger partial charge in [0.25, 0.3) is 5.91 Å². The molecule has 1 amide bonds. The Labute approximate surface area is 203 Å². The second-order valence-electron chi connectivity index (χ2n) is 9.79. The standard InChI is InChI=1S/C28H33BN4O/c1-6-33(7-2)25-17-23-22(16-24(25)32-27(34)19-10-14-21(29)15-11-19)30-26(31-23)18-8-12-20(13-9-18)28(3,4)5/h8-17H,6-7,29H2,1-5H3,(H,30,31)(H,32,34). The molecule has 4 rings (SSSR count). The van der Waals surface area contributed by atoms with Crippen molar-refractivity contribution in [2.45, 2.75) is 40.0 Å². The zero-order valence-electron chi connectivity index (χ0n) is 21.0. The summed E-state index contributed by atoms with van der Waals surface area (Å²) >= 11 is 0. The van der Waals surface area contributed by atoms with Gasteiger partial charge in [0, 0.05) is 24.2 Å². The number of aromatic amines is 1. The van der Waals surface area contributed by atoms with Crippen molar-refractivity contribution in [1.29, 1.82) is 0 Å². The number of carbonyl (C=O) groups excluding carboxylic acids is 1. The van der Waals surface area contributed by atoms with Gasteiger partial charge in [-0.15, -0.1) is 0 Å². The SMILES string of the molecule is Bc1ccc(C(=O)Nc2cc3nc(-c4ccc(C(C)(C)C)cc4)[nH]c3cc2N(CC)CC)cc1. The molecule has 174 valence electrons. The summed E-state index contributed by atoms with van der Waals surface area (Å²) in [5.74, 6) is 0.698. The molecule has 3 aromatic carbocycles. The smallest absolute Gasteiger partial charge is 0.255 e. The van der Waals surface area contributed by atoms with E-state index in [0.717, 1.165) is 52.3 Å². The maximum absolute atomic E-state index is 13.0. The lowest BCUT2D eigenvalue weighted by molar-refractivity contribution is 0.102. The largest absolute Gasteiger partial charge is 0.370 e. The zero-order valence-corrected chi connectivity index (χ0v) is 21.0. The number of carbonyl (C=O) groups is 1. The number of aromatic nitrogens is 2. The highest BCUT2D eigenvalue weighted by Crippen LogP contribution is 2.33. The van der Waals surface area contributed by atoms with Crippen LogP contribution in [0.1, 0.15) is 50.5 Å². The van der Waals surface area contributed by atoms with E-state index in [-0.39, 0.29) is 11.3 Å². The van der Waals surface area contributed by atoms with Crippen molar-refractivity contribution in [1.82, 2.24) is 9.97 Å². The summed E-state index contributed by atoms with van der Waals surface area (Å²) in [4.78, 5) is 23.6. The summed E-state index contributed by atoms with van der Waals surface area (Å²) in [5, 5.41) is 3.13. The number of imidazole rings is 1. The number of fused-ring (bicyclic) bond motifs is 1. The van der Waals surface area contributed by atoms with Crippen LogP contribution < -0.4 is 15.7 Å². The third-order valence-corrected chi connectivity index (χ3v) is 6.29. The molecule has 0 fully saturated rings. The van der Waals surface area contributed by atoms with Crippen molar-refractivity contribution in [3.63, 3.8) is 0 Å². The fourth-order valence-corrected chi connectivity index (χ4v) is 4.14. The molecule has 2 N–H and O–H groups in total. The molecule has 4 aromatic rings. The lowest BCUT2D eigenvalue weighted by atomic mass is 9.87. The van der Waals surface area contributed by atoms with Crippen LogP contribution >= 0.6 is 0 Å². The van der Waals surface area contributed by atoms with Crippen LogP contribution in [0.25, 0.3) is 22.4 Å². The number of nitrogens with zero attached hydrogens (tertiary/aromatic N) is 2. The number of anilines is 2. The maximum Gasteiger partial charge on any atom is 0.255 e. The summed E-state index contributed by atoms with van der Waals surface area (Å²) in [6.07, 6.45) is 0. The summed E-state index contributed by atoms with van der Waals surface area (Å²) in [6, 6.07) is 20.2. The van der Waals surface area contributed by atoms with Gasteiger partial charge in [-0.05, 0) is 37.0 Å². The normalized spacial score (nSPS) is 11.6. The maximum atomic E-state index is 13.0. The molecule has 1 heterocycles.